The van der Waals surface area contributed by atoms with Gasteiger partial charge < -0.3 is 5.01 Å². The van der Waals surface area contributed by atoms with Crippen LogP contribution in [0.4, 0.5) is 0 Å². The highest BCUT2D eigenvalue weighted by molar-refractivity contribution is 5.92. The van der Waals surface area contributed by atoms with E-state index < -0.39 is 0 Å². The van der Waals surface area contributed by atoms with E-state index in [1.54, 1.807) is 0 Å². The molecule has 0 radical (unpaired) electrons. The molecule has 1 saturated carbocycles. The molecule has 0 bridgehead atoms. The first-order valence-electron chi connectivity index (χ1n) is 4.43. The molecule has 2 nitrogen and oxygen atoms in total. The van der Waals surface area contributed by atoms with Crippen LogP contribution in [0.15, 0.2) is 5.10 Å². The van der Waals surface area contributed by atoms with Gasteiger partial charge in [-0.15, -0.1) is 0 Å². The summed E-state index contributed by atoms with van der Waals surface area (Å²) in [5.41, 5.74) is 1.38. The summed E-state index contributed by atoms with van der Waals surface area (Å²) in [6.45, 7) is 7.67. The second-order valence-corrected chi connectivity index (χ2v) is 3.54. The minimum Gasteiger partial charge on any atom is -0.300 e. The number of rotatable bonds is 2. The molecule has 1 aliphatic rings. The van der Waals surface area contributed by atoms with Crippen LogP contribution in [0.5, 0.6) is 0 Å². The normalized spacial score (nSPS) is 33.6. The minimum absolute atomic E-state index is 0.712. The SMILES string of the molecule is CCN(C)/N=C1/CC(C)C1C. The summed E-state index contributed by atoms with van der Waals surface area (Å²) in [7, 11) is 2.03. The summed E-state index contributed by atoms with van der Waals surface area (Å²) >= 11 is 0. The number of hydrogen-bond donors (Lipinski definition) is 0. The Kier molecular flexibility index (Phi) is 2.53. The molecule has 0 aliphatic heterocycles. The number of nitrogens with zero attached hydrogens (tertiary/aromatic N) is 2. The molecule has 0 spiro atoms. The third kappa shape index (κ3) is 1.73. The van der Waals surface area contributed by atoms with Gasteiger partial charge in [-0.05, 0) is 25.2 Å². The third-order valence-electron chi connectivity index (χ3n) is 2.67. The highest BCUT2D eigenvalue weighted by atomic mass is 15.4. The van der Waals surface area contributed by atoms with Crippen LogP contribution >= 0.6 is 0 Å². The van der Waals surface area contributed by atoms with Crippen LogP contribution in [0, 0.1) is 11.8 Å². The maximum atomic E-state index is 4.48. The van der Waals surface area contributed by atoms with Gasteiger partial charge >= 0.3 is 0 Å². The van der Waals surface area contributed by atoms with Gasteiger partial charge in [0.15, 0.2) is 0 Å². The Labute approximate surface area is 69.3 Å². The summed E-state index contributed by atoms with van der Waals surface area (Å²) in [6, 6.07) is 0. The van der Waals surface area contributed by atoms with Crippen LogP contribution in [0.1, 0.15) is 27.2 Å². The molecule has 2 unspecified atom stereocenters. The molecule has 11 heavy (non-hydrogen) atoms. The van der Waals surface area contributed by atoms with E-state index in [1.165, 1.54) is 12.1 Å². The fourth-order valence-electron chi connectivity index (χ4n) is 1.28. The topological polar surface area (TPSA) is 15.6 Å². The Bertz CT molecular complexity index is 163. The average molecular weight is 154 g/mol. The van der Waals surface area contributed by atoms with Crippen LogP contribution in [0.2, 0.25) is 0 Å². The van der Waals surface area contributed by atoms with Crippen molar-refractivity contribution in [2.45, 2.75) is 27.2 Å². The van der Waals surface area contributed by atoms with Crippen molar-refractivity contribution in [1.29, 1.82) is 0 Å². The first kappa shape index (κ1) is 8.57. The molecule has 0 heterocycles. The molecule has 1 aliphatic carbocycles. The van der Waals surface area contributed by atoms with E-state index in [0.29, 0.717) is 5.92 Å². The first-order valence-corrected chi connectivity index (χ1v) is 4.43. The minimum atomic E-state index is 0.712. The molecular formula is C9H18N2. The Morgan fingerprint density at radius 1 is 1.55 bits per heavy atom. The highest BCUT2D eigenvalue weighted by Gasteiger charge is 2.30. The summed E-state index contributed by atoms with van der Waals surface area (Å²) in [5, 5.41) is 6.49. The second kappa shape index (κ2) is 3.24. The van der Waals surface area contributed by atoms with Gasteiger partial charge in [0, 0.05) is 19.3 Å². The van der Waals surface area contributed by atoms with Gasteiger partial charge in [0.25, 0.3) is 0 Å². The zero-order chi connectivity index (χ0) is 8.43. The van der Waals surface area contributed by atoms with E-state index >= 15 is 0 Å². The predicted molar refractivity (Wildman–Crippen MR) is 48.7 cm³/mol. The molecule has 0 aromatic carbocycles. The Hall–Kier alpha value is -0.530. The maximum absolute atomic E-state index is 4.48. The molecule has 0 N–H and O–H groups in total. The average Bonchev–Trinajstić information content (AvgIpc) is 2.03. The van der Waals surface area contributed by atoms with E-state index in [9.17, 15) is 0 Å². The predicted octanol–water partition coefficient (Wildman–Crippen LogP) is 1.97. The molecular weight excluding hydrogens is 136 g/mol. The Morgan fingerprint density at radius 2 is 2.18 bits per heavy atom. The van der Waals surface area contributed by atoms with Crippen molar-refractivity contribution in [3.05, 3.63) is 0 Å². The third-order valence-corrected chi connectivity index (χ3v) is 2.67. The molecule has 0 amide bonds. The second-order valence-electron chi connectivity index (χ2n) is 3.54. The smallest absolute Gasteiger partial charge is 0.0414 e. The molecule has 2 heteroatoms. The van der Waals surface area contributed by atoms with E-state index in [2.05, 4.69) is 25.9 Å². The van der Waals surface area contributed by atoms with Crippen molar-refractivity contribution < 1.29 is 0 Å². The number of hydrogen-bond acceptors (Lipinski definition) is 2. The zero-order valence-electron chi connectivity index (χ0n) is 7.96. The number of hydrazone groups is 1. The lowest BCUT2D eigenvalue weighted by Gasteiger charge is -2.33. The lowest BCUT2D eigenvalue weighted by Crippen LogP contribution is -2.34. The van der Waals surface area contributed by atoms with E-state index in [0.717, 1.165) is 12.5 Å². The quantitative estimate of drug-likeness (QED) is 0.555. The molecule has 1 rings (SSSR count). The lowest BCUT2D eigenvalue weighted by atomic mass is 9.74. The molecule has 0 aromatic heterocycles. The summed E-state index contributed by atoms with van der Waals surface area (Å²) in [6.07, 6.45) is 1.20. The van der Waals surface area contributed by atoms with E-state index in [-0.39, 0.29) is 0 Å². The molecule has 1 fully saturated rings. The van der Waals surface area contributed by atoms with Gasteiger partial charge in [-0.3, -0.25) is 0 Å². The molecule has 64 valence electrons. The van der Waals surface area contributed by atoms with Crippen molar-refractivity contribution in [1.82, 2.24) is 5.01 Å². The summed E-state index contributed by atoms with van der Waals surface area (Å²) in [4.78, 5) is 0. The van der Waals surface area contributed by atoms with Crippen LogP contribution in [-0.2, 0) is 0 Å². The van der Waals surface area contributed by atoms with Crippen LogP contribution in [-0.4, -0.2) is 24.3 Å². The first-order chi connectivity index (χ1) is 5.15. The van der Waals surface area contributed by atoms with E-state index in [4.69, 9.17) is 0 Å². The Balaban J connectivity index is 2.44. The monoisotopic (exact) mass is 154 g/mol. The van der Waals surface area contributed by atoms with Crippen molar-refractivity contribution in [2.75, 3.05) is 13.6 Å². The van der Waals surface area contributed by atoms with Crippen LogP contribution in [0.25, 0.3) is 0 Å². The zero-order valence-corrected chi connectivity index (χ0v) is 7.96. The van der Waals surface area contributed by atoms with Crippen molar-refractivity contribution in [2.24, 2.45) is 16.9 Å². The highest BCUT2D eigenvalue weighted by Crippen LogP contribution is 2.30. The van der Waals surface area contributed by atoms with Gasteiger partial charge in [0.2, 0.25) is 0 Å². The standard InChI is InChI=1S/C9H18N2/c1-5-11(4)10-9-6-7(2)8(9)3/h7-8H,5-6H2,1-4H3/b10-9-. The van der Waals surface area contributed by atoms with Gasteiger partial charge in [-0.2, -0.15) is 5.10 Å². The molecule has 0 aromatic rings. The van der Waals surface area contributed by atoms with Gasteiger partial charge in [-0.1, -0.05) is 13.8 Å². The maximum Gasteiger partial charge on any atom is 0.0414 e. The lowest BCUT2D eigenvalue weighted by molar-refractivity contribution is 0.342. The van der Waals surface area contributed by atoms with E-state index in [1.807, 2.05) is 12.1 Å². The van der Waals surface area contributed by atoms with Crippen molar-refractivity contribution in [3.8, 4) is 0 Å². The molecule has 2 atom stereocenters. The molecule has 0 saturated heterocycles. The largest absolute Gasteiger partial charge is 0.300 e. The fraction of sp³-hybridized carbons (Fsp3) is 0.889. The van der Waals surface area contributed by atoms with Gasteiger partial charge in [-0.25, -0.2) is 0 Å². The summed E-state index contributed by atoms with van der Waals surface area (Å²) in [5.74, 6) is 1.56. The van der Waals surface area contributed by atoms with Gasteiger partial charge in [0.05, 0.1) is 0 Å². The summed E-state index contributed by atoms with van der Waals surface area (Å²) < 4.78 is 0. The van der Waals surface area contributed by atoms with Crippen molar-refractivity contribution in [3.63, 3.8) is 0 Å². The van der Waals surface area contributed by atoms with Crippen LogP contribution < -0.4 is 0 Å². The van der Waals surface area contributed by atoms with Crippen LogP contribution in [0.3, 0.4) is 0 Å². The Morgan fingerprint density at radius 3 is 2.55 bits per heavy atom. The van der Waals surface area contributed by atoms with Crippen molar-refractivity contribution >= 4 is 5.71 Å². The fourth-order valence-corrected chi connectivity index (χ4v) is 1.28. The van der Waals surface area contributed by atoms with Gasteiger partial charge in [0.1, 0.15) is 0 Å².